The third-order valence-corrected chi connectivity index (χ3v) is 4.80. The SMILES string of the molecule is CC(=O)Nc1cccc(CCc2c(C)nc(N)nc2N[C@@H](C)c2ccccc2)c1. The van der Waals surface area contributed by atoms with Crippen LogP contribution in [0.15, 0.2) is 54.6 Å². The summed E-state index contributed by atoms with van der Waals surface area (Å²) in [5.41, 5.74) is 10.9. The van der Waals surface area contributed by atoms with Gasteiger partial charge in [0, 0.05) is 29.9 Å². The molecule has 0 saturated heterocycles. The van der Waals surface area contributed by atoms with Gasteiger partial charge in [-0.25, -0.2) is 4.98 Å². The molecule has 1 amide bonds. The fraction of sp³-hybridized carbons (Fsp3) is 0.261. The van der Waals surface area contributed by atoms with E-state index in [0.29, 0.717) is 0 Å². The number of anilines is 3. The van der Waals surface area contributed by atoms with E-state index in [1.807, 2.05) is 43.3 Å². The van der Waals surface area contributed by atoms with Crippen molar-refractivity contribution in [3.63, 3.8) is 0 Å². The number of benzene rings is 2. The molecular formula is C23H27N5O. The van der Waals surface area contributed by atoms with Gasteiger partial charge in [-0.1, -0.05) is 42.5 Å². The molecule has 0 spiro atoms. The maximum atomic E-state index is 11.3. The Hall–Kier alpha value is -3.41. The highest BCUT2D eigenvalue weighted by Gasteiger charge is 2.14. The second kappa shape index (κ2) is 9.19. The summed E-state index contributed by atoms with van der Waals surface area (Å²) in [5.74, 6) is 0.956. The van der Waals surface area contributed by atoms with E-state index in [1.54, 1.807) is 0 Å². The van der Waals surface area contributed by atoms with Crippen molar-refractivity contribution in [2.24, 2.45) is 0 Å². The second-order valence-electron chi connectivity index (χ2n) is 7.15. The first-order valence-corrected chi connectivity index (χ1v) is 9.73. The maximum Gasteiger partial charge on any atom is 0.222 e. The third-order valence-electron chi connectivity index (χ3n) is 4.80. The Labute approximate surface area is 171 Å². The molecule has 0 fully saturated rings. The van der Waals surface area contributed by atoms with Gasteiger partial charge in [0.2, 0.25) is 11.9 Å². The minimum absolute atomic E-state index is 0.0775. The number of hydrogen-bond donors (Lipinski definition) is 3. The lowest BCUT2D eigenvalue weighted by molar-refractivity contribution is -0.114. The molecule has 0 unspecified atom stereocenters. The topological polar surface area (TPSA) is 92.9 Å². The van der Waals surface area contributed by atoms with Gasteiger partial charge in [0.25, 0.3) is 0 Å². The van der Waals surface area contributed by atoms with Crippen molar-refractivity contribution in [3.8, 4) is 0 Å². The van der Waals surface area contributed by atoms with Crippen LogP contribution >= 0.6 is 0 Å². The number of aryl methyl sites for hydroxylation is 2. The number of nitrogens with one attached hydrogen (secondary N) is 2. The average molecular weight is 390 g/mol. The molecule has 4 N–H and O–H groups in total. The molecule has 1 aromatic heterocycles. The van der Waals surface area contributed by atoms with Crippen molar-refractivity contribution < 1.29 is 4.79 Å². The number of nitrogens with zero attached hydrogens (tertiary/aromatic N) is 2. The number of aromatic nitrogens is 2. The number of carbonyl (C=O) groups is 1. The molecule has 0 saturated carbocycles. The van der Waals surface area contributed by atoms with E-state index in [4.69, 9.17) is 5.73 Å². The molecular weight excluding hydrogens is 362 g/mol. The summed E-state index contributed by atoms with van der Waals surface area (Å²) >= 11 is 0. The van der Waals surface area contributed by atoms with Gasteiger partial charge in [-0.2, -0.15) is 4.98 Å². The Bertz CT molecular complexity index is 988. The van der Waals surface area contributed by atoms with Crippen LogP contribution in [0.4, 0.5) is 17.5 Å². The van der Waals surface area contributed by atoms with Crippen LogP contribution in [0.3, 0.4) is 0 Å². The largest absolute Gasteiger partial charge is 0.368 e. The van der Waals surface area contributed by atoms with Crippen molar-refractivity contribution in [1.82, 2.24) is 9.97 Å². The number of nitrogens with two attached hydrogens (primary N) is 1. The van der Waals surface area contributed by atoms with E-state index >= 15 is 0 Å². The Morgan fingerprint density at radius 3 is 2.55 bits per heavy atom. The second-order valence-corrected chi connectivity index (χ2v) is 7.15. The number of nitrogen functional groups attached to an aromatic ring is 1. The molecule has 150 valence electrons. The predicted molar refractivity (Wildman–Crippen MR) is 118 cm³/mol. The van der Waals surface area contributed by atoms with Crippen LogP contribution in [0.1, 0.15) is 42.3 Å². The van der Waals surface area contributed by atoms with Crippen molar-refractivity contribution in [2.45, 2.75) is 39.7 Å². The number of rotatable bonds is 7. The minimum atomic E-state index is -0.0775. The first-order valence-electron chi connectivity index (χ1n) is 9.73. The van der Waals surface area contributed by atoms with Crippen molar-refractivity contribution >= 4 is 23.4 Å². The lowest BCUT2D eigenvalue weighted by Crippen LogP contribution is -2.14. The Kier molecular flexibility index (Phi) is 6.44. The Morgan fingerprint density at radius 1 is 1.07 bits per heavy atom. The fourth-order valence-corrected chi connectivity index (χ4v) is 3.34. The zero-order valence-electron chi connectivity index (χ0n) is 17.1. The summed E-state index contributed by atoms with van der Waals surface area (Å²) < 4.78 is 0. The first kappa shape index (κ1) is 20.3. The number of hydrogen-bond acceptors (Lipinski definition) is 5. The molecule has 0 bridgehead atoms. The van der Waals surface area contributed by atoms with E-state index in [2.05, 4.69) is 45.7 Å². The molecule has 6 nitrogen and oxygen atoms in total. The molecule has 3 rings (SSSR count). The van der Waals surface area contributed by atoms with Crippen molar-refractivity contribution in [3.05, 3.63) is 77.0 Å². The molecule has 3 aromatic rings. The monoisotopic (exact) mass is 389 g/mol. The van der Waals surface area contributed by atoms with Gasteiger partial charge in [0.1, 0.15) is 5.82 Å². The van der Waals surface area contributed by atoms with Gasteiger partial charge >= 0.3 is 0 Å². The summed E-state index contributed by atoms with van der Waals surface area (Å²) in [6, 6.07) is 18.2. The van der Waals surface area contributed by atoms with Gasteiger partial charge < -0.3 is 16.4 Å². The minimum Gasteiger partial charge on any atom is -0.368 e. The highest BCUT2D eigenvalue weighted by atomic mass is 16.1. The van der Waals surface area contributed by atoms with Crippen LogP contribution in [-0.2, 0) is 17.6 Å². The van der Waals surface area contributed by atoms with Crippen molar-refractivity contribution in [2.75, 3.05) is 16.4 Å². The lowest BCUT2D eigenvalue weighted by atomic mass is 10.0. The van der Waals surface area contributed by atoms with E-state index in [9.17, 15) is 4.79 Å². The quantitative estimate of drug-likeness (QED) is 0.561. The molecule has 0 aliphatic carbocycles. The lowest BCUT2D eigenvalue weighted by Gasteiger charge is -2.19. The van der Waals surface area contributed by atoms with Crippen LogP contribution in [0, 0.1) is 6.92 Å². The summed E-state index contributed by atoms with van der Waals surface area (Å²) in [7, 11) is 0. The molecule has 0 aliphatic heterocycles. The first-order chi connectivity index (χ1) is 13.9. The van der Waals surface area contributed by atoms with Crippen LogP contribution in [0.2, 0.25) is 0 Å². The van der Waals surface area contributed by atoms with Crippen LogP contribution in [0.25, 0.3) is 0 Å². The number of amides is 1. The zero-order chi connectivity index (χ0) is 20.8. The molecule has 2 aromatic carbocycles. The van der Waals surface area contributed by atoms with E-state index in [-0.39, 0.29) is 17.9 Å². The zero-order valence-corrected chi connectivity index (χ0v) is 17.1. The summed E-state index contributed by atoms with van der Waals surface area (Å²) in [6.07, 6.45) is 1.56. The Balaban J connectivity index is 1.79. The summed E-state index contributed by atoms with van der Waals surface area (Å²) in [6.45, 7) is 5.57. The van der Waals surface area contributed by atoms with Gasteiger partial charge in [-0.05, 0) is 49.9 Å². The highest BCUT2D eigenvalue weighted by molar-refractivity contribution is 5.88. The molecule has 0 aliphatic rings. The predicted octanol–water partition coefficient (Wildman–Crippen LogP) is 4.28. The van der Waals surface area contributed by atoms with E-state index in [1.165, 1.54) is 12.5 Å². The standard InChI is InChI=1S/C23H27N5O/c1-15(19-9-5-4-6-10-19)25-22-21(16(2)26-23(24)28-22)13-12-18-8-7-11-20(14-18)27-17(3)29/h4-11,14-15H,12-13H2,1-3H3,(H,27,29)(H3,24,25,26,28)/t15-/m0/s1. The smallest absolute Gasteiger partial charge is 0.222 e. The number of carbonyl (C=O) groups excluding carboxylic acids is 1. The molecule has 0 radical (unpaired) electrons. The van der Waals surface area contributed by atoms with Gasteiger partial charge in [0.05, 0.1) is 0 Å². The third kappa shape index (κ3) is 5.54. The molecule has 1 atom stereocenters. The van der Waals surface area contributed by atoms with Crippen LogP contribution in [0.5, 0.6) is 0 Å². The normalized spacial score (nSPS) is 11.7. The van der Waals surface area contributed by atoms with Crippen LogP contribution < -0.4 is 16.4 Å². The molecule has 6 heteroatoms. The fourth-order valence-electron chi connectivity index (χ4n) is 3.34. The maximum absolute atomic E-state index is 11.3. The summed E-state index contributed by atoms with van der Waals surface area (Å²) in [4.78, 5) is 20.1. The molecule has 29 heavy (non-hydrogen) atoms. The average Bonchev–Trinajstić information content (AvgIpc) is 2.67. The Morgan fingerprint density at radius 2 is 1.83 bits per heavy atom. The van der Waals surface area contributed by atoms with Crippen LogP contribution in [-0.4, -0.2) is 15.9 Å². The van der Waals surface area contributed by atoms with E-state index in [0.717, 1.165) is 41.2 Å². The van der Waals surface area contributed by atoms with Gasteiger partial charge in [0.15, 0.2) is 0 Å². The highest BCUT2D eigenvalue weighted by Crippen LogP contribution is 2.25. The molecule has 1 heterocycles. The van der Waals surface area contributed by atoms with Crippen molar-refractivity contribution in [1.29, 1.82) is 0 Å². The van der Waals surface area contributed by atoms with Gasteiger partial charge in [-0.15, -0.1) is 0 Å². The summed E-state index contributed by atoms with van der Waals surface area (Å²) in [5, 5.41) is 6.32. The van der Waals surface area contributed by atoms with E-state index < -0.39 is 0 Å². The van der Waals surface area contributed by atoms with Gasteiger partial charge in [-0.3, -0.25) is 4.79 Å².